The molecule has 0 aromatic heterocycles. The van der Waals surface area contributed by atoms with E-state index in [-0.39, 0.29) is 5.91 Å². The highest BCUT2D eigenvalue weighted by molar-refractivity contribution is 7.99. The number of rotatable bonds is 5. The maximum absolute atomic E-state index is 11.5. The molecular formula is C14H26N2OS. The van der Waals surface area contributed by atoms with Crippen LogP contribution in [0.5, 0.6) is 0 Å². The molecule has 0 spiro atoms. The quantitative estimate of drug-likeness (QED) is 0.806. The summed E-state index contributed by atoms with van der Waals surface area (Å²) in [4.78, 5) is 11.5. The number of carbonyl (C=O) groups excluding carboxylic acids is 1. The summed E-state index contributed by atoms with van der Waals surface area (Å²) in [6.45, 7) is 0. The topological polar surface area (TPSA) is 69.1 Å². The largest absolute Gasteiger partial charge is 0.368 e. The van der Waals surface area contributed by atoms with Crippen molar-refractivity contribution in [3.05, 3.63) is 0 Å². The van der Waals surface area contributed by atoms with Crippen LogP contribution in [0.25, 0.3) is 0 Å². The fraction of sp³-hybridized carbons (Fsp3) is 0.929. The molecule has 3 nitrogen and oxygen atoms in total. The Labute approximate surface area is 114 Å². The molecule has 2 rings (SSSR count). The van der Waals surface area contributed by atoms with E-state index in [9.17, 15) is 4.79 Å². The molecule has 0 saturated heterocycles. The van der Waals surface area contributed by atoms with Gasteiger partial charge in [0, 0.05) is 5.25 Å². The van der Waals surface area contributed by atoms with Crippen LogP contribution >= 0.6 is 11.8 Å². The van der Waals surface area contributed by atoms with Gasteiger partial charge in [-0.25, -0.2) is 0 Å². The van der Waals surface area contributed by atoms with E-state index in [0.717, 1.165) is 36.7 Å². The molecule has 2 atom stereocenters. The van der Waals surface area contributed by atoms with Gasteiger partial charge < -0.3 is 11.5 Å². The van der Waals surface area contributed by atoms with Crippen molar-refractivity contribution in [2.45, 2.75) is 68.6 Å². The number of amides is 1. The lowest BCUT2D eigenvalue weighted by Gasteiger charge is -2.28. The molecule has 0 bridgehead atoms. The Kier molecular flexibility index (Phi) is 4.96. The van der Waals surface area contributed by atoms with E-state index < -0.39 is 5.54 Å². The minimum absolute atomic E-state index is 0.298. The summed E-state index contributed by atoms with van der Waals surface area (Å²) in [7, 11) is 0. The van der Waals surface area contributed by atoms with Crippen LogP contribution in [-0.4, -0.2) is 22.4 Å². The maximum Gasteiger partial charge on any atom is 0.237 e. The van der Waals surface area contributed by atoms with Gasteiger partial charge in [-0.05, 0) is 43.8 Å². The minimum Gasteiger partial charge on any atom is -0.368 e. The summed E-state index contributed by atoms with van der Waals surface area (Å²) >= 11 is 2.09. The van der Waals surface area contributed by atoms with Crippen molar-refractivity contribution in [3.8, 4) is 0 Å². The van der Waals surface area contributed by atoms with Crippen LogP contribution in [0.1, 0.15) is 57.8 Å². The molecule has 4 N–H and O–H groups in total. The summed E-state index contributed by atoms with van der Waals surface area (Å²) in [5, 5.41) is 0.848. The van der Waals surface area contributed by atoms with Crippen LogP contribution in [0.4, 0.5) is 0 Å². The van der Waals surface area contributed by atoms with E-state index in [2.05, 4.69) is 11.8 Å². The Morgan fingerprint density at radius 2 is 1.89 bits per heavy atom. The summed E-state index contributed by atoms with van der Waals surface area (Å²) in [5.74, 6) is 1.15. The number of carbonyl (C=O) groups is 1. The van der Waals surface area contributed by atoms with Gasteiger partial charge in [0.1, 0.15) is 0 Å². The predicted octanol–water partition coefficient (Wildman–Crippen LogP) is 2.43. The summed E-state index contributed by atoms with van der Waals surface area (Å²) in [6, 6.07) is 0. The van der Waals surface area contributed by atoms with E-state index in [1.165, 1.54) is 32.1 Å². The van der Waals surface area contributed by atoms with Crippen LogP contribution in [0.2, 0.25) is 0 Å². The van der Waals surface area contributed by atoms with Crippen molar-refractivity contribution >= 4 is 17.7 Å². The average molecular weight is 270 g/mol. The Morgan fingerprint density at radius 1 is 1.17 bits per heavy atom. The highest BCUT2D eigenvalue weighted by Crippen LogP contribution is 2.38. The molecule has 0 aliphatic heterocycles. The lowest BCUT2D eigenvalue weighted by molar-refractivity contribution is -0.124. The number of hydrogen-bond acceptors (Lipinski definition) is 3. The number of primary amides is 1. The molecule has 2 aliphatic rings. The van der Waals surface area contributed by atoms with Crippen molar-refractivity contribution in [1.82, 2.24) is 0 Å². The molecule has 104 valence electrons. The molecule has 2 aliphatic carbocycles. The van der Waals surface area contributed by atoms with E-state index >= 15 is 0 Å². The summed E-state index contributed by atoms with van der Waals surface area (Å²) in [5.41, 5.74) is 10.9. The molecule has 0 aromatic carbocycles. The maximum atomic E-state index is 11.5. The molecule has 0 heterocycles. The van der Waals surface area contributed by atoms with Gasteiger partial charge in [0.05, 0.1) is 5.54 Å². The standard InChI is InChI=1S/C14H26N2OS/c15-13(17)14(16)9-4-5-11(14)8-10-18-12-6-2-1-3-7-12/h11-12H,1-10,16H2,(H2,15,17). The molecule has 18 heavy (non-hydrogen) atoms. The van der Waals surface area contributed by atoms with Gasteiger partial charge in [-0.1, -0.05) is 25.7 Å². The molecule has 1 amide bonds. The van der Waals surface area contributed by atoms with Gasteiger partial charge >= 0.3 is 0 Å². The van der Waals surface area contributed by atoms with Crippen molar-refractivity contribution < 1.29 is 4.79 Å². The fourth-order valence-corrected chi connectivity index (χ4v) is 4.86. The first-order valence-electron chi connectivity index (χ1n) is 7.33. The van der Waals surface area contributed by atoms with E-state index in [0.29, 0.717) is 5.92 Å². The van der Waals surface area contributed by atoms with E-state index in [1.807, 2.05) is 0 Å². The second kappa shape index (κ2) is 6.29. The third-order valence-electron chi connectivity index (χ3n) is 4.70. The van der Waals surface area contributed by atoms with Crippen molar-refractivity contribution in [2.75, 3.05) is 5.75 Å². The number of nitrogens with two attached hydrogens (primary N) is 2. The lowest BCUT2D eigenvalue weighted by atomic mass is 9.85. The minimum atomic E-state index is -0.715. The van der Waals surface area contributed by atoms with Gasteiger partial charge in [0.25, 0.3) is 0 Å². The normalized spacial score (nSPS) is 33.7. The molecule has 2 unspecified atom stereocenters. The monoisotopic (exact) mass is 270 g/mol. The molecule has 2 saturated carbocycles. The zero-order valence-electron chi connectivity index (χ0n) is 11.2. The van der Waals surface area contributed by atoms with Crippen LogP contribution in [0.3, 0.4) is 0 Å². The van der Waals surface area contributed by atoms with Gasteiger partial charge in [0.15, 0.2) is 0 Å². The second-order valence-electron chi connectivity index (χ2n) is 5.91. The average Bonchev–Trinajstić information content (AvgIpc) is 2.74. The molecular weight excluding hydrogens is 244 g/mol. The van der Waals surface area contributed by atoms with Crippen LogP contribution < -0.4 is 11.5 Å². The highest BCUT2D eigenvalue weighted by atomic mass is 32.2. The van der Waals surface area contributed by atoms with Crippen molar-refractivity contribution in [3.63, 3.8) is 0 Å². The highest BCUT2D eigenvalue weighted by Gasteiger charge is 2.43. The lowest BCUT2D eigenvalue weighted by Crippen LogP contribution is -2.54. The molecule has 0 radical (unpaired) electrons. The Bertz CT molecular complexity index is 292. The van der Waals surface area contributed by atoms with E-state index in [1.54, 1.807) is 0 Å². The first kappa shape index (κ1) is 14.2. The summed E-state index contributed by atoms with van der Waals surface area (Å²) < 4.78 is 0. The smallest absolute Gasteiger partial charge is 0.237 e. The van der Waals surface area contributed by atoms with Gasteiger partial charge in [-0.2, -0.15) is 11.8 Å². The third-order valence-corrected chi connectivity index (χ3v) is 6.12. The second-order valence-corrected chi connectivity index (χ2v) is 7.32. The molecule has 4 heteroatoms. The predicted molar refractivity (Wildman–Crippen MR) is 77.4 cm³/mol. The van der Waals surface area contributed by atoms with Gasteiger partial charge in [-0.15, -0.1) is 0 Å². The zero-order chi connectivity index (χ0) is 13.0. The molecule has 0 aromatic rings. The zero-order valence-corrected chi connectivity index (χ0v) is 12.0. The summed E-state index contributed by atoms with van der Waals surface area (Å²) in [6.07, 6.45) is 10.9. The van der Waals surface area contributed by atoms with Crippen molar-refractivity contribution in [2.24, 2.45) is 17.4 Å². The fourth-order valence-electron chi connectivity index (χ4n) is 3.44. The third kappa shape index (κ3) is 3.21. The first-order valence-corrected chi connectivity index (χ1v) is 8.38. The van der Waals surface area contributed by atoms with Crippen molar-refractivity contribution in [1.29, 1.82) is 0 Å². The Morgan fingerprint density at radius 3 is 2.56 bits per heavy atom. The Hall–Kier alpha value is -0.220. The van der Waals surface area contributed by atoms with E-state index in [4.69, 9.17) is 11.5 Å². The van der Waals surface area contributed by atoms with Gasteiger partial charge in [-0.3, -0.25) is 4.79 Å². The number of hydrogen-bond donors (Lipinski definition) is 2. The number of thioether (sulfide) groups is 1. The SMILES string of the molecule is NC(=O)C1(N)CCCC1CCSC1CCCCC1. The van der Waals surface area contributed by atoms with Crippen LogP contribution in [0, 0.1) is 5.92 Å². The first-order chi connectivity index (χ1) is 8.63. The molecule has 2 fully saturated rings. The Balaban J connectivity index is 1.74. The van der Waals surface area contributed by atoms with Gasteiger partial charge in [0.2, 0.25) is 5.91 Å². The van der Waals surface area contributed by atoms with Crippen LogP contribution in [0.15, 0.2) is 0 Å². The van der Waals surface area contributed by atoms with Crippen LogP contribution in [-0.2, 0) is 4.79 Å².